The molecule has 0 bridgehead atoms. The molecular formula is C20H22N4O5S2. The summed E-state index contributed by atoms with van der Waals surface area (Å²) in [5, 5.41) is 13.6. The molecule has 0 aliphatic carbocycles. The topological polar surface area (TPSA) is 118 Å². The fourth-order valence-electron chi connectivity index (χ4n) is 3.19. The van der Waals surface area contributed by atoms with E-state index in [1.807, 2.05) is 17.5 Å². The first-order valence-electron chi connectivity index (χ1n) is 9.71. The van der Waals surface area contributed by atoms with Crippen molar-refractivity contribution in [1.29, 1.82) is 0 Å². The normalized spacial score (nSPS) is 19.5. The summed E-state index contributed by atoms with van der Waals surface area (Å²) < 4.78 is 10.6. The van der Waals surface area contributed by atoms with Crippen LogP contribution in [0.4, 0.5) is 5.69 Å². The third-order valence-electron chi connectivity index (χ3n) is 4.62. The average Bonchev–Trinajstić information content (AvgIpc) is 3.42. The van der Waals surface area contributed by atoms with Crippen molar-refractivity contribution in [3.63, 3.8) is 0 Å². The molecule has 0 saturated carbocycles. The number of anilines is 1. The summed E-state index contributed by atoms with van der Waals surface area (Å²) in [6, 6.07) is 8.79. The minimum Gasteiger partial charge on any atom is -0.454 e. The van der Waals surface area contributed by atoms with E-state index < -0.39 is 5.50 Å². The maximum absolute atomic E-state index is 12.3. The number of thioether (sulfide) groups is 1. The zero-order valence-electron chi connectivity index (χ0n) is 16.5. The Morgan fingerprint density at radius 3 is 2.90 bits per heavy atom. The fourth-order valence-corrected chi connectivity index (χ4v) is 4.73. The van der Waals surface area contributed by atoms with E-state index in [1.165, 1.54) is 11.8 Å². The molecule has 2 aliphatic rings. The number of benzene rings is 1. The molecule has 1 saturated heterocycles. The molecule has 2 aromatic rings. The summed E-state index contributed by atoms with van der Waals surface area (Å²) in [5.41, 5.74) is 0.162. The Bertz CT molecular complexity index is 953. The van der Waals surface area contributed by atoms with E-state index >= 15 is 0 Å². The highest BCUT2D eigenvalue weighted by atomic mass is 32.2. The van der Waals surface area contributed by atoms with Gasteiger partial charge in [-0.05, 0) is 23.6 Å². The van der Waals surface area contributed by atoms with Crippen LogP contribution in [0.2, 0.25) is 0 Å². The molecule has 2 aliphatic heterocycles. The van der Waals surface area contributed by atoms with Gasteiger partial charge in [-0.3, -0.25) is 19.7 Å². The number of hydrogen-bond acceptors (Lipinski definition) is 8. The first kappa shape index (κ1) is 21.5. The van der Waals surface area contributed by atoms with E-state index in [9.17, 15) is 14.4 Å². The second-order valence-electron chi connectivity index (χ2n) is 7.00. The van der Waals surface area contributed by atoms with Crippen LogP contribution in [-0.4, -0.2) is 41.8 Å². The fraction of sp³-hybridized carbons (Fsp3) is 0.350. The molecule has 31 heavy (non-hydrogen) atoms. The number of carbonyl (C=O) groups is 3. The summed E-state index contributed by atoms with van der Waals surface area (Å²) in [6.45, 7) is 0.649. The van der Waals surface area contributed by atoms with Crippen molar-refractivity contribution in [3.8, 4) is 11.5 Å². The lowest BCUT2D eigenvalue weighted by Gasteiger charge is -2.30. The van der Waals surface area contributed by atoms with Crippen molar-refractivity contribution in [2.75, 3.05) is 17.9 Å². The third kappa shape index (κ3) is 6.12. The van der Waals surface area contributed by atoms with E-state index in [4.69, 9.17) is 9.47 Å². The van der Waals surface area contributed by atoms with Crippen LogP contribution in [0.3, 0.4) is 0 Å². The van der Waals surface area contributed by atoms with Crippen molar-refractivity contribution >= 4 is 46.5 Å². The van der Waals surface area contributed by atoms with Gasteiger partial charge < -0.3 is 25.4 Å². The van der Waals surface area contributed by atoms with Gasteiger partial charge in [-0.15, -0.1) is 23.1 Å². The van der Waals surface area contributed by atoms with Crippen molar-refractivity contribution in [1.82, 2.24) is 16.0 Å². The van der Waals surface area contributed by atoms with Gasteiger partial charge in [0.15, 0.2) is 11.5 Å². The maximum Gasteiger partial charge on any atom is 0.234 e. The number of fused-ring (bicyclic) bond motifs is 1. The Kier molecular flexibility index (Phi) is 6.95. The number of ether oxygens (including phenoxy) is 2. The van der Waals surface area contributed by atoms with Gasteiger partial charge in [0.2, 0.25) is 24.5 Å². The average molecular weight is 463 g/mol. The predicted octanol–water partition coefficient (Wildman–Crippen LogP) is 1.62. The molecule has 3 amide bonds. The van der Waals surface area contributed by atoms with Gasteiger partial charge in [-0.25, -0.2) is 0 Å². The third-order valence-corrected chi connectivity index (χ3v) is 6.51. The van der Waals surface area contributed by atoms with Crippen molar-refractivity contribution < 1.29 is 23.9 Å². The summed E-state index contributed by atoms with van der Waals surface area (Å²) in [4.78, 5) is 37.6. The van der Waals surface area contributed by atoms with E-state index in [2.05, 4.69) is 21.3 Å². The van der Waals surface area contributed by atoms with Gasteiger partial charge >= 0.3 is 0 Å². The molecule has 4 N–H and O–H groups in total. The van der Waals surface area contributed by atoms with Gasteiger partial charge in [0.05, 0.1) is 12.3 Å². The number of thiophene rings is 1. The summed E-state index contributed by atoms with van der Waals surface area (Å²) in [5.74, 6) is 0.881. The van der Waals surface area contributed by atoms with Crippen LogP contribution in [0.5, 0.6) is 11.5 Å². The summed E-state index contributed by atoms with van der Waals surface area (Å²) in [6.07, 6.45) is 0.409. The highest BCUT2D eigenvalue weighted by molar-refractivity contribution is 8.00. The highest BCUT2D eigenvalue weighted by Crippen LogP contribution is 2.34. The zero-order valence-corrected chi connectivity index (χ0v) is 18.1. The number of amides is 3. The van der Waals surface area contributed by atoms with Gasteiger partial charge in [-0.1, -0.05) is 6.07 Å². The van der Waals surface area contributed by atoms with Crippen LogP contribution >= 0.6 is 23.1 Å². The Morgan fingerprint density at radius 1 is 1.19 bits per heavy atom. The molecule has 164 valence electrons. The Hall–Kier alpha value is -2.76. The number of rotatable bonds is 8. The smallest absolute Gasteiger partial charge is 0.234 e. The predicted molar refractivity (Wildman–Crippen MR) is 118 cm³/mol. The lowest BCUT2D eigenvalue weighted by atomic mass is 10.1. The quantitative estimate of drug-likeness (QED) is 0.471. The summed E-state index contributed by atoms with van der Waals surface area (Å²) in [7, 11) is 0. The molecule has 1 aromatic heterocycles. The van der Waals surface area contributed by atoms with Crippen molar-refractivity contribution in [3.05, 3.63) is 40.6 Å². The SMILES string of the molecule is O=C(CC1CC(=O)NC(SCC(=O)Nc2ccc3c(c2)OCO3)N1)NCc1cccs1. The van der Waals surface area contributed by atoms with Gasteiger partial charge in [0.25, 0.3) is 0 Å². The van der Waals surface area contributed by atoms with E-state index in [0.717, 1.165) is 4.88 Å². The minimum atomic E-state index is -0.446. The Morgan fingerprint density at radius 2 is 2.06 bits per heavy atom. The zero-order chi connectivity index (χ0) is 21.6. The van der Waals surface area contributed by atoms with Crippen LogP contribution in [-0.2, 0) is 20.9 Å². The van der Waals surface area contributed by atoms with Gasteiger partial charge in [0, 0.05) is 35.5 Å². The van der Waals surface area contributed by atoms with Crippen molar-refractivity contribution in [2.24, 2.45) is 0 Å². The molecule has 1 fully saturated rings. The Labute approximate surface area is 187 Å². The molecule has 2 atom stereocenters. The molecule has 11 heteroatoms. The summed E-state index contributed by atoms with van der Waals surface area (Å²) >= 11 is 2.83. The first-order valence-corrected chi connectivity index (χ1v) is 11.6. The maximum atomic E-state index is 12.3. The van der Waals surface area contributed by atoms with E-state index in [0.29, 0.717) is 23.7 Å². The van der Waals surface area contributed by atoms with Crippen LogP contribution < -0.4 is 30.7 Å². The molecule has 0 radical (unpaired) electrons. The number of carbonyl (C=O) groups excluding carboxylic acids is 3. The molecule has 0 spiro atoms. The van der Waals surface area contributed by atoms with Crippen molar-refractivity contribution in [2.45, 2.75) is 30.9 Å². The monoisotopic (exact) mass is 462 g/mol. The van der Waals surface area contributed by atoms with E-state index in [1.54, 1.807) is 29.5 Å². The van der Waals surface area contributed by atoms with Gasteiger partial charge in [-0.2, -0.15) is 0 Å². The molecule has 4 rings (SSSR count). The first-order chi connectivity index (χ1) is 15.0. The highest BCUT2D eigenvalue weighted by Gasteiger charge is 2.28. The lowest BCUT2D eigenvalue weighted by Crippen LogP contribution is -2.56. The van der Waals surface area contributed by atoms with E-state index in [-0.39, 0.29) is 49.2 Å². The second-order valence-corrected chi connectivity index (χ2v) is 9.13. The van der Waals surface area contributed by atoms with Crippen LogP contribution in [0.25, 0.3) is 0 Å². The molecule has 9 nitrogen and oxygen atoms in total. The number of nitrogens with one attached hydrogen (secondary N) is 4. The van der Waals surface area contributed by atoms with Gasteiger partial charge in [0.1, 0.15) is 5.50 Å². The largest absolute Gasteiger partial charge is 0.454 e. The number of hydrogen-bond donors (Lipinski definition) is 4. The molecule has 3 heterocycles. The lowest BCUT2D eigenvalue weighted by molar-refractivity contribution is -0.125. The molecule has 1 aromatic carbocycles. The second kappa shape index (κ2) is 10.0. The molecular weight excluding hydrogens is 440 g/mol. The molecule has 2 unspecified atom stereocenters. The standard InChI is InChI=1S/C20H22N4O5S2/c25-17(21-9-14-2-1-5-30-14)7-13-8-18(26)24-20(23-13)31-10-19(27)22-12-3-4-15-16(6-12)29-11-28-15/h1-6,13,20,23H,7-11H2,(H,21,25)(H,22,27)(H,24,26). The minimum absolute atomic E-state index is 0.120. The van der Waals surface area contributed by atoms with Crippen LogP contribution in [0.15, 0.2) is 35.7 Å². The Balaban J connectivity index is 1.21. The van der Waals surface area contributed by atoms with Crippen LogP contribution in [0.1, 0.15) is 17.7 Å². The van der Waals surface area contributed by atoms with Crippen LogP contribution in [0, 0.1) is 0 Å².